The zero-order valence-electron chi connectivity index (χ0n) is 25.1. The Balaban J connectivity index is 1.50. The number of nitrogens with two attached hydrogens (primary N) is 1. The standard InChI is InChI=1S/C30H36F5N7O2/c1-15-5-8-37-9-10-38-25-19-24(40-27(41-25)43-14-29(6-7-29)13-42-12-28(42,3)4)22(32)23(39-26(19)44-15)17-11-18(36)21(31)16(2)20(17)30(33,34)35/h11,15,37H,5-10,12-14,36H2,1-4H3,(H,38,40,41)/t15-,42?/m0/s1. The maximum atomic E-state index is 16.5. The van der Waals surface area contributed by atoms with Crippen LogP contribution in [0.5, 0.6) is 11.9 Å². The van der Waals surface area contributed by atoms with E-state index < -0.39 is 52.0 Å². The Hall–Kier alpha value is -3.52. The molecule has 238 valence electrons. The van der Waals surface area contributed by atoms with Crippen molar-refractivity contribution < 1.29 is 31.4 Å². The Kier molecular flexibility index (Phi) is 7.51. The molecule has 2 aliphatic heterocycles. The monoisotopic (exact) mass is 621 g/mol. The highest BCUT2D eigenvalue weighted by atomic mass is 19.4. The van der Waals surface area contributed by atoms with Crippen molar-refractivity contribution in [2.75, 3.05) is 50.4 Å². The van der Waals surface area contributed by atoms with Crippen LogP contribution >= 0.6 is 0 Å². The van der Waals surface area contributed by atoms with Gasteiger partial charge in [0.05, 0.1) is 24.0 Å². The molecule has 4 N–H and O–H groups in total. The van der Waals surface area contributed by atoms with Crippen LogP contribution in [0.25, 0.3) is 22.2 Å². The zero-order chi connectivity index (χ0) is 31.6. The molecule has 0 radical (unpaired) electrons. The van der Waals surface area contributed by atoms with Gasteiger partial charge in [0.2, 0.25) is 5.88 Å². The third-order valence-corrected chi connectivity index (χ3v) is 8.75. The SMILES string of the molecule is Cc1c(F)c(N)cc(-c2nc3c4c(nc(OCC5(CN6CC6(C)C)CC5)nc4c2F)NCCNCC[C@H](C)O3)c1C(F)(F)F. The van der Waals surface area contributed by atoms with Crippen molar-refractivity contribution in [1.82, 2.24) is 25.2 Å². The van der Waals surface area contributed by atoms with Gasteiger partial charge in [0.25, 0.3) is 0 Å². The van der Waals surface area contributed by atoms with E-state index >= 15 is 4.39 Å². The number of nitrogens with one attached hydrogen (secondary N) is 2. The van der Waals surface area contributed by atoms with Crippen molar-refractivity contribution in [2.24, 2.45) is 5.41 Å². The second-order valence-electron chi connectivity index (χ2n) is 12.8. The summed E-state index contributed by atoms with van der Waals surface area (Å²) in [4.78, 5) is 15.5. The van der Waals surface area contributed by atoms with Crippen LogP contribution in [0.4, 0.5) is 33.5 Å². The number of rotatable bonds is 6. The van der Waals surface area contributed by atoms with E-state index in [0.717, 1.165) is 38.9 Å². The lowest BCUT2D eigenvalue weighted by atomic mass is 9.96. The number of hydrogen-bond acceptors (Lipinski definition) is 9. The van der Waals surface area contributed by atoms with E-state index in [4.69, 9.17) is 15.2 Å². The molecule has 3 aromatic rings. The van der Waals surface area contributed by atoms with Crippen molar-refractivity contribution in [2.45, 2.75) is 64.8 Å². The maximum Gasteiger partial charge on any atom is 0.417 e. The lowest BCUT2D eigenvalue weighted by Crippen LogP contribution is -2.26. The molecule has 2 atom stereocenters. The Morgan fingerprint density at radius 1 is 1.11 bits per heavy atom. The van der Waals surface area contributed by atoms with E-state index in [9.17, 15) is 17.6 Å². The first kappa shape index (κ1) is 30.5. The molecule has 1 aromatic carbocycles. The summed E-state index contributed by atoms with van der Waals surface area (Å²) in [5.74, 6) is -2.37. The highest BCUT2D eigenvalue weighted by molar-refractivity contribution is 5.96. The molecule has 1 aliphatic carbocycles. The predicted octanol–water partition coefficient (Wildman–Crippen LogP) is 5.31. The molecule has 1 saturated heterocycles. The summed E-state index contributed by atoms with van der Waals surface area (Å²) in [6.07, 6.45) is -3.01. The number of aromatic nitrogens is 3. The molecule has 44 heavy (non-hydrogen) atoms. The Labute approximate surface area is 251 Å². The lowest BCUT2D eigenvalue weighted by molar-refractivity contribution is -0.137. The van der Waals surface area contributed by atoms with Gasteiger partial charge >= 0.3 is 12.2 Å². The number of nitrogen functional groups attached to an aromatic ring is 1. The first-order valence-electron chi connectivity index (χ1n) is 14.8. The average molecular weight is 622 g/mol. The molecule has 6 rings (SSSR count). The van der Waals surface area contributed by atoms with Gasteiger partial charge in [-0.2, -0.15) is 23.1 Å². The van der Waals surface area contributed by atoms with Gasteiger partial charge in [-0.3, -0.25) is 4.90 Å². The Morgan fingerprint density at radius 2 is 1.84 bits per heavy atom. The largest absolute Gasteiger partial charge is 0.474 e. The molecule has 2 fully saturated rings. The van der Waals surface area contributed by atoms with E-state index in [0.29, 0.717) is 32.7 Å². The fourth-order valence-electron chi connectivity index (χ4n) is 5.75. The van der Waals surface area contributed by atoms with Gasteiger partial charge in [-0.15, -0.1) is 0 Å². The van der Waals surface area contributed by atoms with Gasteiger partial charge in [0.1, 0.15) is 28.2 Å². The van der Waals surface area contributed by atoms with Gasteiger partial charge in [-0.1, -0.05) is 0 Å². The van der Waals surface area contributed by atoms with E-state index in [1.54, 1.807) is 6.92 Å². The summed E-state index contributed by atoms with van der Waals surface area (Å²) in [5, 5.41) is 6.50. The topological polar surface area (TPSA) is 110 Å². The summed E-state index contributed by atoms with van der Waals surface area (Å²) >= 11 is 0. The zero-order valence-corrected chi connectivity index (χ0v) is 25.1. The van der Waals surface area contributed by atoms with Crippen molar-refractivity contribution in [3.05, 3.63) is 28.8 Å². The van der Waals surface area contributed by atoms with Crippen molar-refractivity contribution in [3.8, 4) is 23.1 Å². The van der Waals surface area contributed by atoms with Crippen LogP contribution in [0.1, 0.15) is 51.2 Å². The highest BCUT2D eigenvalue weighted by Crippen LogP contribution is 2.50. The van der Waals surface area contributed by atoms with E-state index in [2.05, 4.69) is 44.3 Å². The first-order valence-corrected chi connectivity index (χ1v) is 14.8. The average Bonchev–Trinajstić information content (AvgIpc) is 3.84. The molecule has 0 spiro atoms. The summed E-state index contributed by atoms with van der Waals surface area (Å²) < 4.78 is 86.2. The van der Waals surface area contributed by atoms with Crippen LogP contribution < -0.4 is 25.8 Å². The molecule has 0 bridgehead atoms. The number of halogens is 5. The highest BCUT2D eigenvalue weighted by Gasteiger charge is 2.52. The Bertz CT molecular complexity index is 1610. The molecule has 1 unspecified atom stereocenters. The Morgan fingerprint density at radius 3 is 2.50 bits per heavy atom. The molecule has 3 aliphatic rings. The fraction of sp³-hybridized carbons (Fsp3) is 0.567. The van der Waals surface area contributed by atoms with Crippen molar-refractivity contribution in [1.29, 1.82) is 0 Å². The number of alkyl halides is 3. The predicted molar refractivity (Wildman–Crippen MR) is 156 cm³/mol. The molecule has 0 amide bonds. The number of pyridine rings is 1. The van der Waals surface area contributed by atoms with Crippen LogP contribution in [0.15, 0.2) is 6.07 Å². The van der Waals surface area contributed by atoms with Gasteiger partial charge in [0.15, 0.2) is 5.82 Å². The molecule has 4 heterocycles. The summed E-state index contributed by atoms with van der Waals surface area (Å²) in [5.41, 5.74) is 1.34. The van der Waals surface area contributed by atoms with Crippen LogP contribution in [-0.2, 0) is 6.18 Å². The van der Waals surface area contributed by atoms with E-state index in [1.807, 2.05) is 0 Å². The van der Waals surface area contributed by atoms with Crippen LogP contribution in [0.3, 0.4) is 0 Å². The van der Waals surface area contributed by atoms with Crippen LogP contribution in [-0.4, -0.2) is 70.8 Å². The lowest BCUT2D eigenvalue weighted by Gasteiger charge is -2.21. The van der Waals surface area contributed by atoms with Gasteiger partial charge in [-0.05, 0) is 65.1 Å². The molecule has 14 heteroatoms. The van der Waals surface area contributed by atoms with Gasteiger partial charge in [0, 0.05) is 42.7 Å². The third kappa shape index (κ3) is 5.81. The summed E-state index contributed by atoms with van der Waals surface area (Å²) in [6, 6.07) is 0.622. The van der Waals surface area contributed by atoms with Gasteiger partial charge < -0.3 is 25.8 Å². The number of nitrogens with zero attached hydrogens (tertiary/aromatic N) is 4. The summed E-state index contributed by atoms with van der Waals surface area (Å²) in [6.45, 7) is 10.8. The normalized spacial score (nSPS) is 22.5. The van der Waals surface area contributed by atoms with Gasteiger partial charge in [-0.25, -0.2) is 13.8 Å². The summed E-state index contributed by atoms with van der Waals surface area (Å²) in [7, 11) is 0. The minimum absolute atomic E-state index is 0.0692. The minimum Gasteiger partial charge on any atom is -0.474 e. The minimum atomic E-state index is -5.03. The molecule has 2 aromatic heterocycles. The number of hydrogen-bond donors (Lipinski definition) is 3. The second-order valence-corrected chi connectivity index (χ2v) is 12.8. The number of benzene rings is 1. The smallest absolute Gasteiger partial charge is 0.417 e. The van der Waals surface area contributed by atoms with Crippen LogP contribution in [0, 0.1) is 24.0 Å². The first-order chi connectivity index (χ1) is 20.7. The number of ether oxygens (including phenoxy) is 2. The quantitative estimate of drug-likeness (QED) is 0.192. The molecular formula is C30H36F5N7O2. The van der Waals surface area contributed by atoms with E-state index in [-0.39, 0.29) is 39.6 Å². The van der Waals surface area contributed by atoms with Crippen LogP contribution in [0.2, 0.25) is 0 Å². The number of anilines is 2. The molecule has 9 nitrogen and oxygen atoms in total. The molecule has 1 saturated carbocycles. The van der Waals surface area contributed by atoms with E-state index in [1.165, 1.54) is 0 Å². The third-order valence-electron chi connectivity index (χ3n) is 8.75. The second kappa shape index (κ2) is 10.8. The molecular weight excluding hydrogens is 585 g/mol. The maximum absolute atomic E-state index is 16.5. The fourth-order valence-corrected chi connectivity index (χ4v) is 5.75. The van der Waals surface area contributed by atoms with Crippen molar-refractivity contribution >= 4 is 22.4 Å². The van der Waals surface area contributed by atoms with Crippen molar-refractivity contribution in [3.63, 3.8) is 0 Å².